The lowest BCUT2D eigenvalue weighted by Gasteiger charge is -2.04. The van der Waals surface area contributed by atoms with Gasteiger partial charge in [0, 0.05) is 18.3 Å². The van der Waals surface area contributed by atoms with Crippen molar-refractivity contribution in [2.24, 2.45) is 4.99 Å². The van der Waals surface area contributed by atoms with Gasteiger partial charge in [-0.25, -0.2) is 0 Å². The number of aryl methyl sites for hydroxylation is 1. The zero-order chi connectivity index (χ0) is 11.9. The second-order valence-electron chi connectivity index (χ2n) is 4.34. The quantitative estimate of drug-likeness (QED) is 0.810. The van der Waals surface area contributed by atoms with Gasteiger partial charge in [-0.2, -0.15) is 0 Å². The van der Waals surface area contributed by atoms with Crippen molar-refractivity contribution in [2.75, 3.05) is 12.3 Å². The molecule has 17 heavy (non-hydrogen) atoms. The van der Waals surface area contributed by atoms with Crippen LogP contribution in [0.4, 0.5) is 0 Å². The smallest absolute Gasteiger partial charge is 0.156 e. The molecule has 3 heteroatoms. The van der Waals surface area contributed by atoms with E-state index in [4.69, 9.17) is 0 Å². The Labute approximate surface area is 108 Å². The molecule has 1 unspecified atom stereocenters. The molecule has 0 aliphatic carbocycles. The zero-order valence-corrected chi connectivity index (χ0v) is 11.2. The standard InChI is InChI=1S/C14H20N2S/c1-2-13-11-17-14(16-13)15-10-6-9-12-7-4-3-5-8-12/h3-5,7-8,13H,2,6,9-11H2,1H3,(H,15,16). The number of amidine groups is 1. The molecule has 0 saturated carbocycles. The Morgan fingerprint density at radius 3 is 2.88 bits per heavy atom. The first-order valence-corrected chi connectivity index (χ1v) is 7.34. The Balaban J connectivity index is 1.68. The number of rotatable bonds is 5. The molecule has 1 aromatic carbocycles. The molecule has 0 amide bonds. The van der Waals surface area contributed by atoms with Crippen molar-refractivity contribution in [2.45, 2.75) is 32.2 Å². The largest absolute Gasteiger partial charge is 0.361 e. The minimum absolute atomic E-state index is 0.632. The fourth-order valence-electron chi connectivity index (χ4n) is 1.86. The van der Waals surface area contributed by atoms with Gasteiger partial charge in [0.05, 0.1) is 0 Å². The van der Waals surface area contributed by atoms with E-state index < -0.39 is 0 Å². The van der Waals surface area contributed by atoms with Crippen LogP contribution in [0, 0.1) is 0 Å². The molecule has 2 rings (SSSR count). The van der Waals surface area contributed by atoms with Crippen LogP contribution >= 0.6 is 11.8 Å². The van der Waals surface area contributed by atoms with Gasteiger partial charge in [-0.1, -0.05) is 49.0 Å². The molecular weight excluding hydrogens is 228 g/mol. The molecule has 1 N–H and O–H groups in total. The van der Waals surface area contributed by atoms with Gasteiger partial charge in [-0.3, -0.25) is 4.99 Å². The fraction of sp³-hybridized carbons (Fsp3) is 0.500. The summed E-state index contributed by atoms with van der Waals surface area (Å²) in [7, 11) is 0. The van der Waals surface area contributed by atoms with E-state index in [0.717, 1.165) is 24.6 Å². The van der Waals surface area contributed by atoms with Crippen LogP contribution in [0.25, 0.3) is 0 Å². The molecular formula is C14H20N2S. The first-order chi connectivity index (χ1) is 8.38. The van der Waals surface area contributed by atoms with E-state index in [-0.39, 0.29) is 0 Å². The second-order valence-corrected chi connectivity index (χ2v) is 5.35. The highest BCUT2D eigenvalue weighted by atomic mass is 32.2. The lowest BCUT2D eigenvalue weighted by molar-refractivity contribution is 0.666. The molecule has 1 saturated heterocycles. The van der Waals surface area contributed by atoms with Gasteiger partial charge in [-0.15, -0.1) is 0 Å². The molecule has 1 atom stereocenters. The Morgan fingerprint density at radius 2 is 2.18 bits per heavy atom. The highest BCUT2D eigenvalue weighted by molar-refractivity contribution is 8.14. The van der Waals surface area contributed by atoms with E-state index in [1.807, 2.05) is 11.8 Å². The van der Waals surface area contributed by atoms with Crippen molar-refractivity contribution in [1.82, 2.24) is 5.32 Å². The normalized spacial score (nSPS) is 21.7. The van der Waals surface area contributed by atoms with Crippen molar-refractivity contribution in [3.63, 3.8) is 0 Å². The summed E-state index contributed by atoms with van der Waals surface area (Å²) in [5, 5.41) is 4.60. The van der Waals surface area contributed by atoms with Gasteiger partial charge in [-0.05, 0) is 24.8 Å². The maximum atomic E-state index is 4.60. The average Bonchev–Trinajstić information content (AvgIpc) is 2.84. The van der Waals surface area contributed by atoms with E-state index in [1.54, 1.807) is 0 Å². The maximum Gasteiger partial charge on any atom is 0.156 e. The molecule has 1 aliphatic rings. The van der Waals surface area contributed by atoms with Crippen LogP contribution in [0.2, 0.25) is 0 Å². The minimum atomic E-state index is 0.632. The van der Waals surface area contributed by atoms with Gasteiger partial charge >= 0.3 is 0 Å². The number of hydrogen-bond donors (Lipinski definition) is 1. The van der Waals surface area contributed by atoms with E-state index in [2.05, 4.69) is 47.6 Å². The molecule has 1 fully saturated rings. The predicted molar refractivity (Wildman–Crippen MR) is 76.7 cm³/mol. The van der Waals surface area contributed by atoms with E-state index in [0.29, 0.717) is 6.04 Å². The maximum absolute atomic E-state index is 4.60. The first kappa shape index (κ1) is 12.5. The molecule has 0 bridgehead atoms. The molecule has 1 heterocycles. The molecule has 0 aromatic heterocycles. The first-order valence-electron chi connectivity index (χ1n) is 6.36. The van der Waals surface area contributed by atoms with Crippen LogP contribution in [0.5, 0.6) is 0 Å². The molecule has 92 valence electrons. The van der Waals surface area contributed by atoms with Crippen LogP contribution in [0.1, 0.15) is 25.3 Å². The van der Waals surface area contributed by atoms with Gasteiger partial charge < -0.3 is 5.32 Å². The van der Waals surface area contributed by atoms with Gasteiger partial charge in [0.15, 0.2) is 5.17 Å². The molecule has 0 spiro atoms. The van der Waals surface area contributed by atoms with E-state index in [1.165, 1.54) is 17.7 Å². The highest BCUT2D eigenvalue weighted by Crippen LogP contribution is 2.15. The Bertz CT molecular complexity index is 362. The van der Waals surface area contributed by atoms with Crippen LogP contribution in [-0.2, 0) is 6.42 Å². The summed E-state index contributed by atoms with van der Waals surface area (Å²) < 4.78 is 0. The van der Waals surface area contributed by atoms with Gasteiger partial charge in [0.25, 0.3) is 0 Å². The molecule has 0 radical (unpaired) electrons. The van der Waals surface area contributed by atoms with E-state index in [9.17, 15) is 0 Å². The number of nitrogens with one attached hydrogen (secondary N) is 1. The monoisotopic (exact) mass is 248 g/mol. The summed E-state index contributed by atoms with van der Waals surface area (Å²) in [6.07, 6.45) is 3.45. The van der Waals surface area contributed by atoms with Crippen molar-refractivity contribution >= 4 is 16.9 Å². The van der Waals surface area contributed by atoms with Crippen molar-refractivity contribution < 1.29 is 0 Å². The van der Waals surface area contributed by atoms with Crippen molar-refractivity contribution in [3.05, 3.63) is 35.9 Å². The third-order valence-electron chi connectivity index (χ3n) is 2.96. The third kappa shape index (κ3) is 4.08. The summed E-state index contributed by atoms with van der Waals surface area (Å²) in [5.41, 5.74) is 1.41. The van der Waals surface area contributed by atoms with Crippen LogP contribution in [0.3, 0.4) is 0 Å². The Hall–Kier alpha value is -0.960. The Kier molecular flexibility index (Phi) is 4.92. The predicted octanol–water partition coefficient (Wildman–Crippen LogP) is 3.09. The highest BCUT2D eigenvalue weighted by Gasteiger charge is 2.17. The lowest BCUT2D eigenvalue weighted by atomic mass is 10.1. The summed E-state index contributed by atoms with van der Waals surface area (Å²) in [6, 6.07) is 11.3. The number of benzene rings is 1. The van der Waals surface area contributed by atoms with Crippen LogP contribution in [-0.4, -0.2) is 23.5 Å². The lowest BCUT2D eigenvalue weighted by Crippen LogP contribution is -2.25. The van der Waals surface area contributed by atoms with Crippen molar-refractivity contribution in [1.29, 1.82) is 0 Å². The number of thioether (sulfide) groups is 1. The summed E-state index contributed by atoms with van der Waals surface area (Å²) >= 11 is 1.86. The summed E-state index contributed by atoms with van der Waals surface area (Å²) in [6.45, 7) is 3.15. The average molecular weight is 248 g/mol. The fourth-order valence-corrected chi connectivity index (χ4v) is 2.97. The van der Waals surface area contributed by atoms with Gasteiger partial charge in [0.2, 0.25) is 0 Å². The third-order valence-corrected chi connectivity index (χ3v) is 4.05. The zero-order valence-electron chi connectivity index (χ0n) is 10.4. The van der Waals surface area contributed by atoms with Gasteiger partial charge in [0.1, 0.15) is 0 Å². The van der Waals surface area contributed by atoms with Crippen LogP contribution < -0.4 is 5.32 Å². The number of hydrogen-bond acceptors (Lipinski definition) is 2. The molecule has 1 aromatic rings. The topological polar surface area (TPSA) is 24.4 Å². The molecule has 2 nitrogen and oxygen atoms in total. The van der Waals surface area contributed by atoms with Crippen molar-refractivity contribution in [3.8, 4) is 0 Å². The summed E-state index contributed by atoms with van der Waals surface area (Å²) in [5.74, 6) is 1.17. The number of nitrogens with zero attached hydrogens (tertiary/aromatic N) is 1. The second kappa shape index (κ2) is 6.70. The molecule has 1 aliphatic heterocycles. The van der Waals surface area contributed by atoms with Crippen LogP contribution in [0.15, 0.2) is 35.3 Å². The SMILES string of the molecule is CCC1CSC(=NCCCc2ccccc2)N1. The number of aliphatic imine (C=N–C) groups is 1. The summed E-state index contributed by atoms with van der Waals surface area (Å²) in [4.78, 5) is 4.60. The Morgan fingerprint density at radius 1 is 1.35 bits per heavy atom. The van der Waals surface area contributed by atoms with E-state index >= 15 is 0 Å². The minimum Gasteiger partial charge on any atom is -0.361 e.